The lowest BCUT2D eigenvalue weighted by atomic mass is 10.2. The Hall–Kier alpha value is -2.92. The molecule has 0 amide bonds. The minimum absolute atomic E-state index is 0.254. The Labute approximate surface area is 147 Å². The Morgan fingerprint density at radius 3 is 2.20 bits per heavy atom. The van der Waals surface area contributed by atoms with E-state index in [9.17, 15) is 8.42 Å². The van der Waals surface area contributed by atoms with Crippen molar-refractivity contribution in [3.05, 3.63) is 83.9 Å². The quantitative estimate of drug-likeness (QED) is 0.680. The summed E-state index contributed by atoms with van der Waals surface area (Å²) in [6.45, 7) is 1.93. The first kappa shape index (κ1) is 15.6. The number of rotatable bonds is 2. The maximum absolute atomic E-state index is 13.4. The van der Waals surface area contributed by atoms with Crippen molar-refractivity contribution in [3.8, 4) is 0 Å². The first-order valence-corrected chi connectivity index (χ1v) is 9.35. The zero-order valence-corrected chi connectivity index (χ0v) is 14.4. The van der Waals surface area contributed by atoms with Crippen LogP contribution < -0.4 is 4.31 Å². The molecule has 0 N–H and O–H groups in total. The van der Waals surface area contributed by atoms with E-state index in [-0.39, 0.29) is 4.90 Å². The molecule has 25 heavy (non-hydrogen) atoms. The average molecular weight is 348 g/mol. The van der Waals surface area contributed by atoms with Gasteiger partial charge in [0.1, 0.15) is 0 Å². The fourth-order valence-electron chi connectivity index (χ4n) is 2.87. The number of para-hydroxylation sites is 3. The van der Waals surface area contributed by atoms with E-state index in [1.165, 1.54) is 4.31 Å². The summed E-state index contributed by atoms with van der Waals surface area (Å²) in [5.41, 5.74) is 3.53. The Kier molecular flexibility index (Phi) is 3.66. The van der Waals surface area contributed by atoms with Crippen LogP contribution in [-0.4, -0.2) is 14.6 Å². The highest BCUT2D eigenvalue weighted by Crippen LogP contribution is 2.41. The Morgan fingerprint density at radius 2 is 1.44 bits per heavy atom. The third kappa shape index (κ3) is 2.62. The van der Waals surface area contributed by atoms with Crippen molar-refractivity contribution in [2.45, 2.75) is 11.8 Å². The molecular weight excluding hydrogens is 332 g/mol. The molecule has 0 bridgehead atoms. The number of hydrogen-bond acceptors (Lipinski definition) is 3. The van der Waals surface area contributed by atoms with Crippen LogP contribution in [0.5, 0.6) is 0 Å². The summed E-state index contributed by atoms with van der Waals surface area (Å²) in [6.07, 6.45) is 1.71. The van der Waals surface area contributed by atoms with Gasteiger partial charge in [-0.3, -0.25) is 4.99 Å². The smallest absolute Gasteiger partial charge is 0.254 e. The van der Waals surface area contributed by atoms with E-state index in [4.69, 9.17) is 0 Å². The van der Waals surface area contributed by atoms with E-state index in [0.29, 0.717) is 17.1 Å². The van der Waals surface area contributed by atoms with Crippen molar-refractivity contribution in [2.24, 2.45) is 4.99 Å². The highest BCUT2D eigenvalue weighted by atomic mass is 32.2. The second-order valence-corrected chi connectivity index (χ2v) is 7.67. The molecule has 124 valence electrons. The summed E-state index contributed by atoms with van der Waals surface area (Å²) < 4.78 is 28.3. The van der Waals surface area contributed by atoms with E-state index in [1.54, 1.807) is 42.6 Å². The van der Waals surface area contributed by atoms with Crippen LogP contribution in [0.15, 0.2) is 82.7 Å². The molecule has 0 saturated heterocycles. The number of benzene rings is 3. The number of anilines is 2. The highest BCUT2D eigenvalue weighted by Gasteiger charge is 2.30. The van der Waals surface area contributed by atoms with Crippen LogP contribution >= 0.6 is 0 Å². The van der Waals surface area contributed by atoms with Crippen LogP contribution in [0, 0.1) is 6.92 Å². The monoisotopic (exact) mass is 348 g/mol. The molecule has 0 radical (unpaired) electrons. The highest BCUT2D eigenvalue weighted by molar-refractivity contribution is 7.93. The largest absolute Gasteiger partial charge is 0.268 e. The predicted molar refractivity (Wildman–Crippen MR) is 101 cm³/mol. The zero-order valence-electron chi connectivity index (χ0n) is 13.6. The topological polar surface area (TPSA) is 49.7 Å². The Morgan fingerprint density at radius 1 is 0.800 bits per heavy atom. The summed E-state index contributed by atoms with van der Waals surface area (Å²) in [6, 6.07) is 21.5. The van der Waals surface area contributed by atoms with E-state index in [1.807, 2.05) is 43.3 Å². The lowest BCUT2D eigenvalue weighted by molar-refractivity contribution is 0.596. The van der Waals surface area contributed by atoms with E-state index in [0.717, 1.165) is 11.1 Å². The first-order valence-electron chi connectivity index (χ1n) is 7.91. The molecule has 0 aromatic heterocycles. The molecule has 0 unspecified atom stereocenters. The van der Waals surface area contributed by atoms with Crippen LogP contribution in [0.1, 0.15) is 11.1 Å². The van der Waals surface area contributed by atoms with Crippen LogP contribution in [-0.2, 0) is 10.0 Å². The zero-order chi connectivity index (χ0) is 17.4. The van der Waals surface area contributed by atoms with Gasteiger partial charge in [0.05, 0.1) is 22.0 Å². The molecule has 5 heteroatoms. The summed E-state index contributed by atoms with van der Waals surface area (Å²) in [4.78, 5) is 4.72. The number of hydrogen-bond donors (Lipinski definition) is 0. The van der Waals surface area contributed by atoms with Crippen LogP contribution in [0.25, 0.3) is 0 Å². The number of aliphatic imine (C=N–C) groups is 1. The SMILES string of the molecule is Cc1ccc(S(=O)(=O)N2c3ccccc3C=Nc3ccccc32)cc1. The molecule has 3 aromatic carbocycles. The molecule has 0 saturated carbocycles. The van der Waals surface area contributed by atoms with Crippen molar-refractivity contribution >= 4 is 33.3 Å². The van der Waals surface area contributed by atoms with Gasteiger partial charge in [-0.2, -0.15) is 0 Å². The molecule has 0 atom stereocenters. The van der Waals surface area contributed by atoms with Gasteiger partial charge >= 0.3 is 0 Å². The van der Waals surface area contributed by atoms with E-state index < -0.39 is 10.0 Å². The lowest BCUT2D eigenvalue weighted by Gasteiger charge is -2.25. The minimum atomic E-state index is -3.78. The van der Waals surface area contributed by atoms with Crippen molar-refractivity contribution in [3.63, 3.8) is 0 Å². The van der Waals surface area contributed by atoms with Crippen LogP contribution in [0.3, 0.4) is 0 Å². The third-order valence-corrected chi connectivity index (χ3v) is 5.90. The normalized spacial score (nSPS) is 13.1. The van der Waals surface area contributed by atoms with Gasteiger partial charge in [0.2, 0.25) is 0 Å². The second kappa shape index (κ2) is 5.86. The minimum Gasteiger partial charge on any atom is -0.254 e. The Balaban J connectivity index is 2.00. The van der Waals surface area contributed by atoms with Gasteiger partial charge in [-0.05, 0) is 37.3 Å². The van der Waals surface area contributed by atoms with Gasteiger partial charge in [-0.15, -0.1) is 0 Å². The molecule has 0 aliphatic carbocycles. The van der Waals surface area contributed by atoms with E-state index >= 15 is 0 Å². The average Bonchev–Trinajstić information content (AvgIpc) is 2.79. The van der Waals surface area contributed by atoms with Crippen molar-refractivity contribution in [1.82, 2.24) is 0 Å². The number of sulfonamides is 1. The summed E-state index contributed by atoms with van der Waals surface area (Å²) >= 11 is 0. The van der Waals surface area contributed by atoms with Gasteiger partial charge in [-0.25, -0.2) is 12.7 Å². The molecule has 1 aliphatic rings. The van der Waals surface area contributed by atoms with Gasteiger partial charge in [0, 0.05) is 11.8 Å². The molecular formula is C20H16N2O2S. The van der Waals surface area contributed by atoms with Crippen LogP contribution in [0.2, 0.25) is 0 Å². The molecule has 3 aromatic rings. The molecule has 1 heterocycles. The predicted octanol–water partition coefficient (Wildman–Crippen LogP) is 4.59. The molecule has 4 rings (SSSR count). The number of aryl methyl sites for hydroxylation is 1. The fraction of sp³-hybridized carbons (Fsp3) is 0.0500. The molecule has 4 nitrogen and oxygen atoms in total. The summed E-state index contributed by atoms with van der Waals surface area (Å²) in [5, 5.41) is 0. The molecule has 0 fully saturated rings. The summed E-state index contributed by atoms with van der Waals surface area (Å²) in [7, 11) is -3.78. The maximum atomic E-state index is 13.4. The molecule has 1 aliphatic heterocycles. The van der Waals surface area contributed by atoms with Crippen molar-refractivity contribution in [2.75, 3.05) is 4.31 Å². The molecule has 0 spiro atoms. The standard InChI is InChI=1S/C20H16N2O2S/c1-15-10-12-17(13-11-15)25(23,24)22-19-8-4-2-6-16(19)14-21-18-7-3-5-9-20(18)22/h2-14H,1H3. The van der Waals surface area contributed by atoms with Gasteiger partial charge in [0.25, 0.3) is 10.0 Å². The number of fused-ring (bicyclic) bond motifs is 2. The number of nitrogens with zero attached hydrogens (tertiary/aromatic N) is 2. The van der Waals surface area contributed by atoms with Gasteiger partial charge in [0.15, 0.2) is 0 Å². The fourth-order valence-corrected chi connectivity index (χ4v) is 4.40. The third-order valence-electron chi connectivity index (χ3n) is 4.16. The van der Waals surface area contributed by atoms with Gasteiger partial charge < -0.3 is 0 Å². The van der Waals surface area contributed by atoms with Crippen molar-refractivity contribution < 1.29 is 8.42 Å². The second-order valence-electron chi connectivity index (χ2n) is 5.89. The van der Waals surface area contributed by atoms with Crippen molar-refractivity contribution in [1.29, 1.82) is 0 Å². The first-order chi connectivity index (χ1) is 12.1. The van der Waals surface area contributed by atoms with Gasteiger partial charge in [-0.1, -0.05) is 48.0 Å². The Bertz CT molecular complexity index is 1020. The van der Waals surface area contributed by atoms with Crippen LogP contribution in [0.4, 0.5) is 17.1 Å². The van der Waals surface area contributed by atoms with E-state index in [2.05, 4.69) is 4.99 Å². The summed E-state index contributed by atoms with van der Waals surface area (Å²) in [5.74, 6) is 0. The maximum Gasteiger partial charge on any atom is 0.268 e. The lowest BCUT2D eigenvalue weighted by Crippen LogP contribution is -2.26.